The normalized spacial score (nSPS) is 16.1. The number of rotatable bonds is 5. The highest BCUT2D eigenvalue weighted by Crippen LogP contribution is 2.20. The number of nitrogens with one attached hydrogen (secondary N) is 1. The molecule has 1 N–H and O–H groups in total. The molecule has 0 spiro atoms. The first-order chi connectivity index (χ1) is 12.1. The molecule has 0 radical (unpaired) electrons. The Kier molecular flexibility index (Phi) is 5.65. The molecule has 25 heavy (non-hydrogen) atoms. The molecule has 1 aromatic carbocycles. The molecule has 2 heterocycles. The van der Waals surface area contributed by atoms with Crippen LogP contribution in [0.3, 0.4) is 0 Å². The second-order valence-electron chi connectivity index (χ2n) is 6.43. The monoisotopic (exact) mass is 360 g/mol. The highest BCUT2D eigenvalue weighted by molar-refractivity contribution is 7.71. The van der Waals surface area contributed by atoms with E-state index in [1.165, 1.54) is 5.56 Å². The molecule has 0 bridgehead atoms. The number of benzene rings is 1. The summed E-state index contributed by atoms with van der Waals surface area (Å²) in [4.78, 5) is 18.6. The number of aromatic amines is 1. The van der Waals surface area contributed by atoms with Crippen molar-refractivity contribution in [3.05, 3.63) is 34.6 Å². The first-order valence-electron chi connectivity index (χ1n) is 8.69. The van der Waals surface area contributed by atoms with Gasteiger partial charge in [0, 0.05) is 18.7 Å². The van der Waals surface area contributed by atoms with Gasteiger partial charge in [-0.2, -0.15) is 4.98 Å². The van der Waals surface area contributed by atoms with Gasteiger partial charge in [-0.3, -0.25) is 14.8 Å². The van der Waals surface area contributed by atoms with E-state index in [0.717, 1.165) is 37.3 Å². The number of piperidine rings is 1. The van der Waals surface area contributed by atoms with Gasteiger partial charge in [0.1, 0.15) is 0 Å². The lowest BCUT2D eigenvalue weighted by atomic mass is 9.97. The number of carbonyl (C=O) groups is 1. The van der Waals surface area contributed by atoms with E-state index in [0.29, 0.717) is 18.0 Å². The lowest BCUT2D eigenvalue weighted by Gasteiger charge is -2.30. The Hall–Kier alpha value is -1.99. The highest BCUT2D eigenvalue weighted by atomic mass is 32.1. The first-order valence-corrected chi connectivity index (χ1v) is 9.10. The fourth-order valence-electron chi connectivity index (χ4n) is 3.06. The molecule has 3 rings (SSSR count). The van der Waals surface area contributed by atoms with Crippen molar-refractivity contribution in [2.24, 2.45) is 5.92 Å². The smallest absolute Gasteiger partial charge is 0.309 e. The van der Waals surface area contributed by atoms with Gasteiger partial charge in [-0.25, -0.2) is 4.68 Å². The topological polar surface area (TPSA) is 63.1 Å². The minimum Gasteiger partial charge on any atom is -0.466 e. The number of hydrogen-bond acceptors (Lipinski definition) is 5. The third-order valence-electron chi connectivity index (χ3n) is 4.55. The van der Waals surface area contributed by atoms with E-state index in [1.54, 1.807) is 0 Å². The average molecular weight is 360 g/mol. The van der Waals surface area contributed by atoms with Crippen LogP contribution in [0, 0.1) is 17.6 Å². The van der Waals surface area contributed by atoms with Crippen molar-refractivity contribution in [3.8, 4) is 11.4 Å². The van der Waals surface area contributed by atoms with Crippen LogP contribution in [-0.2, 0) is 16.2 Å². The summed E-state index contributed by atoms with van der Waals surface area (Å²) in [7, 11) is 0. The maximum absolute atomic E-state index is 11.8. The minimum atomic E-state index is -0.0676. The lowest BCUT2D eigenvalue weighted by Crippen LogP contribution is -2.38. The Labute approximate surface area is 152 Å². The number of esters is 1. The fraction of sp³-hybridized carbons (Fsp3) is 0.500. The van der Waals surface area contributed by atoms with Crippen LogP contribution in [0.5, 0.6) is 0 Å². The third kappa shape index (κ3) is 4.35. The Morgan fingerprint density at radius 3 is 2.64 bits per heavy atom. The van der Waals surface area contributed by atoms with Gasteiger partial charge < -0.3 is 4.74 Å². The molecule has 0 atom stereocenters. The molecular formula is C18H24N4O2S. The van der Waals surface area contributed by atoms with Gasteiger partial charge in [0.2, 0.25) is 4.77 Å². The van der Waals surface area contributed by atoms with Crippen LogP contribution < -0.4 is 0 Å². The van der Waals surface area contributed by atoms with Gasteiger partial charge in [0.25, 0.3) is 0 Å². The molecule has 0 aliphatic carbocycles. The van der Waals surface area contributed by atoms with Gasteiger partial charge >= 0.3 is 5.97 Å². The number of likely N-dealkylation sites (tertiary alicyclic amines) is 1. The second kappa shape index (κ2) is 7.93. The van der Waals surface area contributed by atoms with Gasteiger partial charge in [-0.05, 0) is 38.9 Å². The molecule has 0 amide bonds. The molecule has 0 unspecified atom stereocenters. The summed E-state index contributed by atoms with van der Waals surface area (Å²) >= 11 is 5.39. The number of ether oxygens (including phenoxy) is 1. The summed E-state index contributed by atoms with van der Waals surface area (Å²) in [5.41, 5.74) is 2.24. The van der Waals surface area contributed by atoms with Crippen LogP contribution >= 0.6 is 12.2 Å². The number of nitrogens with zero attached hydrogens (tertiary/aromatic N) is 3. The van der Waals surface area contributed by atoms with Gasteiger partial charge in [-0.15, -0.1) is 0 Å². The molecule has 1 fully saturated rings. The van der Waals surface area contributed by atoms with E-state index in [9.17, 15) is 4.79 Å². The Bertz CT molecular complexity index is 773. The van der Waals surface area contributed by atoms with E-state index < -0.39 is 0 Å². The van der Waals surface area contributed by atoms with Crippen molar-refractivity contribution in [1.29, 1.82) is 0 Å². The summed E-state index contributed by atoms with van der Waals surface area (Å²) < 4.78 is 7.55. The third-order valence-corrected chi connectivity index (χ3v) is 4.86. The highest BCUT2D eigenvalue weighted by Gasteiger charge is 2.26. The van der Waals surface area contributed by atoms with E-state index in [2.05, 4.69) is 34.0 Å². The minimum absolute atomic E-state index is 0.0223. The standard InChI is InChI=1S/C18H24N4O2S/c1-3-24-17(23)15-8-10-21(11-9-15)12-22-18(25)19-16(20-22)14-6-4-13(2)5-7-14/h4-7,15H,3,8-12H2,1-2H3,(H,19,20,25). The summed E-state index contributed by atoms with van der Waals surface area (Å²) in [6.45, 7) is 6.72. The Morgan fingerprint density at radius 2 is 2.00 bits per heavy atom. The quantitative estimate of drug-likeness (QED) is 0.655. The zero-order valence-corrected chi connectivity index (χ0v) is 15.5. The van der Waals surface area contributed by atoms with E-state index >= 15 is 0 Å². The summed E-state index contributed by atoms with van der Waals surface area (Å²) in [6.07, 6.45) is 1.65. The Balaban J connectivity index is 1.62. The molecule has 6 nitrogen and oxygen atoms in total. The second-order valence-corrected chi connectivity index (χ2v) is 6.80. The Morgan fingerprint density at radius 1 is 1.32 bits per heavy atom. The van der Waals surface area contributed by atoms with Crippen LogP contribution in [-0.4, -0.2) is 45.3 Å². The van der Waals surface area contributed by atoms with E-state index in [-0.39, 0.29) is 11.9 Å². The summed E-state index contributed by atoms with van der Waals surface area (Å²) in [6, 6.07) is 8.20. The maximum atomic E-state index is 11.8. The van der Waals surface area contributed by atoms with Gasteiger partial charge in [-0.1, -0.05) is 29.8 Å². The summed E-state index contributed by atoms with van der Waals surface area (Å²) in [5, 5.41) is 3.29. The molecule has 1 aliphatic heterocycles. The van der Waals surface area contributed by atoms with Crippen molar-refractivity contribution in [2.45, 2.75) is 33.4 Å². The molecular weight excluding hydrogens is 336 g/mol. The SMILES string of the molecule is CCOC(=O)C1CCN(Cn2[nH]c(-c3ccc(C)cc3)nc2=S)CC1. The number of H-pyrrole nitrogens is 1. The van der Waals surface area contributed by atoms with Crippen molar-refractivity contribution < 1.29 is 9.53 Å². The molecule has 1 aromatic heterocycles. The molecule has 1 aliphatic rings. The number of carbonyl (C=O) groups excluding carboxylic acids is 1. The van der Waals surface area contributed by atoms with Crippen LogP contribution in [0.4, 0.5) is 0 Å². The molecule has 134 valence electrons. The zero-order chi connectivity index (χ0) is 17.8. The lowest BCUT2D eigenvalue weighted by molar-refractivity contribution is -0.149. The predicted octanol–water partition coefficient (Wildman–Crippen LogP) is 3.15. The molecule has 2 aromatic rings. The van der Waals surface area contributed by atoms with E-state index in [4.69, 9.17) is 17.0 Å². The summed E-state index contributed by atoms with van der Waals surface area (Å²) in [5.74, 6) is 0.738. The maximum Gasteiger partial charge on any atom is 0.309 e. The van der Waals surface area contributed by atoms with Gasteiger partial charge in [0.15, 0.2) is 5.82 Å². The van der Waals surface area contributed by atoms with Crippen molar-refractivity contribution >= 4 is 18.2 Å². The van der Waals surface area contributed by atoms with Crippen molar-refractivity contribution in [3.63, 3.8) is 0 Å². The van der Waals surface area contributed by atoms with Crippen LogP contribution in [0.25, 0.3) is 11.4 Å². The largest absolute Gasteiger partial charge is 0.466 e. The van der Waals surface area contributed by atoms with Crippen LogP contribution in [0.1, 0.15) is 25.3 Å². The van der Waals surface area contributed by atoms with Crippen LogP contribution in [0.2, 0.25) is 0 Å². The van der Waals surface area contributed by atoms with Gasteiger partial charge in [0.05, 0.1) is 19.2 Å². The predicted molar refractivity (Wildman–Crippen MR) is 98.5 cm³/mol. The zero-order valence-electron chi connectivity index (χ0n) is 14.7. The number of hydrogen-bond donors (Lipinski definition) is 1. The van der Waals surface area contributed by atoms with Crippen LogP contribution in [0.15, 0.2) is 24.3 Å². The van der Waals surface area contributed by atoms with E-state index in [1.807, 2.05) is 23.7 Å². The molecule has 0 saturated carbocycles. The fourth-order valence-corrected chi connectivity index (χ4v) is 3.26. The van der Waals surface area contributed by atoms with Crippen molar-refractivity contribution in [2.75, 3.05) is 19.7 Å². The molecule has 1 saturated heterocycles. The number of aromatic nitrogens is 3. The first kappa shape index (κ1) is 17.8. The van der Waals surface area contributed by atoms with Crippen molar-refractivity contribution in [1.82, 2.24) is 19.7 Å². The number of aryl methyl sites for hydroxylation is 1. The average Bonchev–Trinajstić information content (AvgIpc) is 2.97. The molecule has 7 heteroatoms.